The van der Waals surface area contributed by atoms with Crippen molar-refractivity contribution in [2.75, 3.05) is 38.1 Å². The van der Waals surface area contributed by atoms with E-state index in [2.05, 4.69) is 17.0 Å². The van der Waals surface area contributed by atoms with E-state index in [1.54, 1.807) is 11.8 Å². The molecule has 5 nitrogen and oxygen atoms in total. The van der Waals surface area contributed by atoms with Gasteiger partial charge in [-0.15, -0.1) is 0 Å². The lowest BCUT2D eigenvalue weighted by molar-refractivity contribution is -0.130. The molecule has 0 radical (unpaired) electrons. The van der Waals surface area contributed by atoms with Crippen LogP contribution in [0, 0.1) is 0 Å². The van der Waals surface area contributed by atoms with Crippen LogP contribution >= 0.6 is 0 Å². The molecule has 0 bridgehead atoms. The SMILES string of the molecule is CC(=O)N1CCN(C(=O)c2cccc(N(C)Cc3ccccc3)c2)CC1. The first-order chi connectivity index (χ1) is 12.5. The number of piperazine rings is 1. The lowest BCUT2D eigenvalue weighted by Gasteiger charge is -2.34. The van der Waals surface area contributed by atoms with Crippen molar-refractivity contribution in [3.8, 4) is 0 Å². The highest BCUT2D eigenvalue weighted by Gasteiger charge is 2.23. The molecule has 0 aliphatic carbocycles. The lowest BCUT2D eigenvalue weighted by Crippen LogP contribution is -2.50. The lowest BCUT2D eigenvalue weighted by atomic mass is 10.1. The molecule has 3 rings (SSSR count). The maximum atomic E-state index is 12.8. The first-order valence-electron chi connectivity index (χ1n) is 8.94. The fourth-order valence-corrected chi connectivity index (χ4v) is 3.23. The van der Waals surface area contributed by atoms with Crippen LogP contribution in [0.5, 0.6) is 0 Å². The standard InChI is InChI=1S/C21H25N3O2/c1-17(25)23-11-13-24(14-12-23)21(26)19-9-6-10-20(15-19)22(2)16-18-7-4-3-5-8-18/h3-10,15H,11-14,16H2,1-2H3. The molecular formula is C21H25N3O2. The molecule has 2 aromatic carbocycles. The summed E-state index contributed by atoms with van der Waals surface area (Å²) in [4.78, 5) is 30.0. The Morgan fingerprint density at radius 3 is 2.23 bits per heavy atom. The number of carbonyl (C=O) groups excluding carboxylic acids is 2. The quantitative estimate of drug-likeness (QED) is 0.851. The Kier molecular flexibility index (Phi) is 5.56. The molecule has 5 heteroatoms. The van der Waals surface area contributed by atoms with Crippen molar-refractivity contribution in [2.24, 2.45) is 0 Å². The van der Waals surface area contributed by atoms with Crippen LogP contribution in [0.4, 0.5) is 5.69 Å². The van der Waals surface area contributed by atoms with Gasteiger partial charge in [-0.2, -0.15) is 0 Å². The summed E-state index contributed by atoms with van der Waals surface area (Å²) in [5.74, 6) is 0.102. The summed E-state index contributed by atoms with van der Waals surface area (Å²) >= 11 is 0. The molecule has 0 atom stereocenters. The molecule has 2 amide bonds. The number of amides is 2. The maximum Gasteiger partial charge on any atom is 0.254 e. The highest BCUT2D eigenvalue weighted by Crippen LogP contribution is 2.19. The summed E-state index contributed by atoms with van der Waals surface area (Å²) in [7, 11) is 2.03. The Balaban J connectivity index is 1.67. The Hall–Kier alpha value is -2.82. The van der Waals surface area contributed by atoms with E-state index in [1.165, 1.54) is 5.56 Å². The Labute approximate surface area is 154 Å². The average molecular weight is 351 g/mol. The minimum Gasteiger partial charge on any atom is -0.370 e. The molecule has 1 fully saturated rings. The highest BCUT2D eigenvalue weighted by molar-refractivity contribution is 5.95. The van der Waals surface area contributed by atoms with Gasteiger partial charge in [0.15, 0.2) is 0 Å². The molecule has 2 aromatic rings. The Bertz CT molecular complexity index is 768. The zero-order valence-electron chi connectivity index (χ0n) is 15.4. The highest BCUT2D eigenvalue weighted by atomic mass is 16.2. The fourth-order valence-electron chi connectivity index (χ4n) is 3.23. The topological polar surface area (TPSA) is 43.9 Å². The second-order valence-electron chi connectivity index (χ2n) is 6.69. The van der Waals surface area contributed by atoms with Crippen molar-refractivity contribution in [1.82, 2.24) is 9.80 Å². The number of nitrogens with zero attached hydrogens (tertiary/aromatic N) is 3. The fraction of sp³-hybridized carbons (Fsp3) is 0.333. The van der Waals surface area contributed by atoms with Gasteiger partial charge in [0.2, 0.25) is 5.91 Å². The van der Waals surface area contributed by atoms with E-state index in [4.69, 9.17) is 0 Å². The van der Waals surface area contributed by atoms with Crippen molar-refractivity contribution in [1.29, 1.82) is 0 Å². The van der Waals surface area contributed by atoms with E-state index < -0.39 is 0 Å². The van der Waals surface area contributed by atoms with Crippen molar-refractivity contribution in [3.63, 3.8) is 0 Å². The van der Waals surface area contributed by atoms with Gasteiger partial charge in [0.25, 0.3) is 5.91 Å². The van der Waals surface area contributed by atoms with Gasteiger partial charge >= 0.3 is 0 Å². The van der Waals surface area contributed by atoms with Gasteiger partial charge in [0.05, 0.1) is 0 Å². The van der Waals surface area contributed by atoms with Crippen LogP contribution in [0.25, 0.3) is 0 Å². The van der Waals surface area contributed by atoms with E-state index in [-0.39, 0.29) is 11.8 Å². The largest absolute Gasteiger partial charge is 0.370 e. The number of rotatable bonds is 4. The molecule has 1 aliphatic rings. The normalized spacial score (nSPS) is 14.2. The molecule has 0 spiro atoms. The molecule has 1 heterocycles. The molecule has 136 valence electrons. The van der Waals surface area contributed by atoms with Gasteiger partial charge in [-0.05, 0) is 23.8 Å². The third kappa shape index (κ3) is 4.23. The molecule has 26 heavy (non-hydrogen) atoms. The van der Waals surface area contributed by atoms with Gasteiger partial charge in [-0.25, -0.2) is 0 Å². The van der Waals surface area contributed by atoms with E-state index in [1.807, 2.05) is 54.4 Å². The molecule has 1 aliphatic heterocycles. The van der Waals surface area contributed by atoms with Crippen molar-refractivity contribution >= 4 is 17.5 Å². The van der Waals surface area contributed by atoms with E-state index in [0.29, 0.717) is 31.7 Å². The van der Waals surface area contributed by atoms with Crippen molar-refractivity contribution < 1.29 is 9.59 Å². The van der Waals surface area contributed by atoms with Gasteiger partial charge in [0, 0.05) is 57.9 Å². The number of benzene rings is 2. The summed E-state index contributed by atoms with van der Waals surface area (Å²) in [5.41, 5.74) is 2.94. The maximum absolute atomic E-state index is 12.8. The van der Waals surface area contributed by atoms with Crippen LogP contribution in [0.15, 0.2) is 54.6 Å². The van der Waals surface area contributed by atoms with Crippen LogP contribution < -0.4 is 4.90 Å². The molecule has 0 unspecified atom stereocenters. The van der Waals surface area contributed by atoms with Crippen LogP contribution in [0.3, 0.4) is 0 Å². The Morgan fingerprint density at radius 1 is 0.923 bits per heavy atom. The zero-order valence-corrected chi connectivity index (χ0v) is 15.4. The van der Waals surface area contributed by atoms with Gasteiger partial charge < -0.3 is 14.7 Å². The first kappa shape index (κ1) is 18.0. The molecule has 0 N–H and O–H groups in total. The second-order valence-corrected chi connectivity index (χ2v) is 6.69. The summed E-state index contributed by atoms with van der Waals surface area (Å²) in [5, 5.41) is 0. The predicted octanol–water partition coefficient (Wildman–Crippen LogP) is 2.63. The van der Waals surface area contributed by atoms with Crippen LogP contribution in [0.1, 0.15) is 22.8 Å². The number of anilines is 1. The van der Waals surface area contributed by atoms with Crippen LogP contribution in [-0.2, 0) is 11.3 Å². The van der Waals surface area contributed by atoms with Crippen molar-refractivity contribution in [3.05, 3.63) is 65.7 Å². The average Bonchev–Trinajstić information content (AvgIpc) is 2.68. The summed E-state index contributed by atoms with van der Waals surface area (Å²) in [6, 6.07) is 18.0. The minimum absolute atomic E-state index is 0.0307. The van der Waals surface area contributed by atoms with E-state index in [9.17, 15) is 9.59 Å². The minimum atomic E-state index is 0.0307. The molecule has 0 aromatic heterocycles. The molecular weight excluding hydrogens is 326 g/mol. The summed E-state index contributed by atoms with van der Waals surface area (Å²) in [6.45, 7) is 4.74. The summed E-state index contributed by atoms with van der Waals surface area (Å²) < 4.78 is 0. The number of hydrogen-bond acceptors (Lipinski definition) is 3. The van der Waals surface area contributed by atoms with Gasteiger partial charge in [-0.3, -0.25) is 9.59 Å². The van der Waals surface area contributed by atoms with Crippen molar-refractivity contribution in [2.45, 2.75) is 13.5 Å². The third-order valence-corrected chi connectivity index (χ3v) is 4.81. The first-order valence-corrected chi connectivity index (χ1v) is 8.94. The predicted molar refractivity (Wildman–Crippen MR) is 103 cm³/mol. The van der Waals surface area contributed by atoms with Gasteiger partial charge in [0.1, 0.15) is 0 Å². The number of hydrogen-bond donors (Lipinski definition) is 0. The van der Waals surface area contributed by atoms with E-state index >= 15 is 0 Å². The van der Waals surface area contributed by atoms with Gasteiger partial charge in [-0.1, -0.05) is 36.4 Å². The van der Waals surface area contributed by atoms with Crippen LogP contribution in [0.2, 0.25) is 0 Å². The van der Waals surface area contributed by atoms with Crippen LogP contribution in [-0.4, -0.2) is 54.8 Å². The third-order valence-electron chi connectivity index (χ3n) is 4.81. The smallest absolute Gasteiger partial charge is 0.254 e. The second kappa shape index (κ2) is 8.04. The number of carbonyl (C=O) groups is 2. The zero-order chi connectivity index (χ0) is 18.5. The monoisotopic (exact) mass is 351 g/mol. The molecule has 1 saturated heterocycles. The summed E-state index contributed by atoms with van der Waals surface area (Å²) in [6.07, 6.45) is 0. The van der Waals surface area contributed by atoms with E-state index in [0.717, 1.165) is 12.2 Å². The molecule has 0 saturated carbocycles. The Morgan fingerprint density at radius 2 is 1.58 bits per heavy atom.